The molecule has 0 unspecified atom stereocenters. The summed E-state index contributed by atoms with van der Waals surface area (Å²) in [6, 6.07) is 13.3. The number of carbonyl (C=O) groups is 4. The van der Waals surface area contributed by atoms with E-state index < -0.39 is 0 Å². The van der Waals surface area contributed by atoms with Crippen molar-refractivity contribution in [3.05, 3.63) is 83.4 Å². The van der Waals surface area contributed by atoms with Crippen LogP contribution in [0.4, 0.5) is 10.5 Å². The Balaban J connectivity index is 1.44. The number of thioether (sulfide) groups is 1. The predicted octanol–water partition coefficient (Wildman–Crippen LogP) is 3.10. The highest BCUT2D eigenvalue weighted by Crippen LogP contribution is 2.22. The van der Waals surface area contributed by atoms with E-state index in [0.717, 1.165) is 11.8 Å². The van der Waals surface area contributed by atoms with Crippen molar-refractivity contribution in [2.45, 2.75) is 6.54 Å². The molecule has 1 N–H and O–H groups in total. The molecule has 31 heavy (non-hydrogen) atoms. The fourth-order valence-corrected chi connectivity index (χ4v) is 3.87. The molecule has 2 heterocycles. The summed E-state index contributed by atoms with van der Waals surface area (Å²) in [7, 11) is 1.75. The topological polar surface area (TPSA) is 101 Å². The molecule has 1 aliphatic rings. The monoisotopic (exact) mass is 434 g/mol. The Kier molecular flexibility index (Phi) is 5.68. The van der Waals surface area contributed by atoms with Gasteiger partial charge in [-0.25, -0.2) is 4.98 Å². The number of rotatable bonds is 6. The normalized spacial score (nSPS) is 13.5. The van der Waals surface area contributed by atoms with Gasteiger partial charge in [-0.3, -0.25) is 24.1 Å². The second-order valence-electron chi connectivity index (χ2n) is 6.96. The number of amides is 3. The highest BCUT2D eigenvalue weighted by atomic mass is 32.2. The largest absolute Gasteiger partial charge is 0.331 e. The summed E-state index contributed by atoms with van der Waals surface area (Å²) in [4.78, 5) is 53.9. The molecule has 8 nitrogen and oxygen atoms in total. The van der Waals surface area contributed by atoms with Gasteiger partial charge in [0, 0.05) is 36.3 Å². The number of nitrogens with one attached hydrogen (secondary N) is 1. The van der Waals surface area contributed by atoms with Crippen molar-refractivity contribution in [3.63, 3.8) is 0 Å². The van der Waals surface area contributed by atoms with Crippen molar-refractivity contribution in [1.29, 1.82) is 0 Å². The molecule has 0 saturated carbocycles. The lowest BCUT2D eigenvalue weighted by atomic mass is 10.1. The summed E-state index contributed by atoms with van der Waals surface area (Å²) in [5, 5.41) is 2.51. The predicted molar refractivity (Wildman–Crippen MR) is 116 cm³/mol. The Morgan fingerprint density at radius 1 is 1.10 bits per heavy atom. The lowest BCUT2D eigenvalue weighted by molar-refractivity contribution is -0.125. The summed E-state index contributed by atoms with van der Waals surface area (Å²) in [5.41, 5.74) is 2.09. The van der Waals surface area contributed by atoms with Crippen LogP contribution in [0.2, 0.25) is 0 Å². The molecule has 3 aromatic rings. The molecule has 0 radical (unpaired) electrons. The molecular formula is C22H18N4O4S. The van der Waals surface area contributed by atoms with Crippen LogP contribution in [0, 0.1) is 0 Å². The second kappa shape index (κ2) is 8.57. The first-order valence-corrected chi connectivity index (χ1v) is 10.4. The minimum Gasteiger partial charge on any atom is -0.331 e. The zero-order valence-corrected chi connectivity index (χ0v) is 17.4. The minimum atomic E-state index is -0.335. The van der Waals surface area contributed by atoms with Crippen molar-refractivity contribution in [3.8, 4) is 0 Å². The molecule has 0 aliphatic carbocycles. The smallest absolute Gasteiger partial charge is 0.289 e. The summed E-state index contributed by atoms with van der Waals surface area (Å²) >= 11 is 0.977. The van der Waals surface area contributed by atoms with E-state index in [9.17, 15) is 19.2 Å². The fourth-order valence-electron chi connectivity index (χ4n) is 3.15. The third kappa shape index (κ3) is 4.41. The zero-order valence-electron chi connectivity index (χ0n) is 16.6. The van der Waals surface area contributed by atoms with Crippen LogP contribution in [0.25, 0.3) is 0 Å². The van der Waals surface area contributed by atoms with Gasteiger partial charge in [0.15, 0.2) is 5.82 Å². The van der Waals surface area contributed by atoms with Gasteiger partial charge in [-0.15, -0.1) is 0 Å². The summed E-state index contributed by atoms with van der Waals surface area (Å²) < 4.78 is 1.65. The molecule has 0 bridgehead atoms. The van der Waals surface area contributed by atoms with E-state index in [0.29, 0.717) is 28.2 Å². The van der Waals surface area contributed by atoms with Crippen LogP contribution in [0.1, 0.15) is 32.1 Å². The molecule has 4 rings (SSSR count). The lowest BCUT2D eigenvalue weighted by Crippen LogP contribution is -2.28. The minimum absolute atomic E-state index is 0.135. The molecule has 1 aliphatic heterocycles. The number of hydrogen-bond donors (Lipinski definition) is 1. The van der Waals surface area contributed by atoms with Gasteiger partial charge in [-0.1, -0.05) is 23.9 Å². The first-order chi connectivity index (χ1) is 14.9. The Bertz CT molecular complexity index is 1170. The zero-order chi connectivity index (χ0) is 22.0. The molecule has 156 valence electrons. The maximum Gasteiger partial charge on any atom is 0.289 e. The Morgan fingerprint density at radius 3 is 2.52 bits per heavy atom. The Labute approximate surface area is 182 Å². The van der Waals surface area contributed by atoms with E-state index in [4.69, 9.17) is 0 Å². The molecule has 1 saturated heterocycles. The highest BCUT2D eigenvalue weighted by molar-refractivity contribution is 8.14. The van der Waals surface area contributed by atoms with Crippen molar-refractivity contribution in [2.24, 2.45) is 7.05 Å². The first kappa shape index (κ1) is 20.5. The van der Waals surface area contributed by atoms with Crippen LogP contribution in [-0.2, 0) is 18.4 Å². The third-order valence-corrected chi connectivity index (χ3v) is 5.66. The number of benzene rings is 2. The number of carbonyl (C=O) groups excluding carboxylic acids is 4. The number of anilines is 1. The first-order valence-electron chi connectivity index (χ1n) is 9.42. The molecular weight excluding hydrogens is 416 g/mol. The number of aryl methyl sites for hydroxylation is 1. The van der Waals surface area contributed by atoms with E-state index in [-0.39, 0.29) is 35.1 Å². The van der Waals surface area contributed by atoms with Crippen molar-refractivity contribution >= 4 is 40.3 Å². The van der Waals surface area contributed by atoms with Gasteiger partial charge in [0.25, 0.3) is 11.1 Å². The van der Waals surface area contributed by atoms with E-state index in [1.165, 1.54) is 4.90 Å². The van der Waals surface area contributed by atoms with Gasteiger partial charge in [0.05, 0.1) is 12.3 Å². The molecule has 9 heteroatoms. The highest BCUT2D eigenvalue weighted by Gasteiger charge is 2.29. The third-order valence-electron chi connectivity index (χ3n) is 4.80. The fraction of sp³-hybridized carbons (Fsp3) is 0.136. The van der Waals surface area contributed by atoms with Gasteiger partial charge < -0.3 is 9.88 Å². The van der Waals surface area contributed by atoms with Gasteiger partial charge in [0.2, 0.25) is 11.7 Å². The molecule has 0 spiro atoms. The van der Waals surface area contributed by atoms with Crippen LogP contribution in [0.15, 0.2) is 60.9 Å². The summed E-state index contributed by atoms with van der Waals surface area (Å²) in [6.07, 6.45) is 3.26. The van der Waals surface area contributed by atoms with Crippen LogP contribution < -0.4 is 5.32 Å². The van der Waals surface area contributed by atoms with Crippen molar-refractivity contribution < 1.29 is 19.2 Å². The van der Waals surface area contributed by atoms with E-state index in [1.54, 1.807) is 72.5 Å². The van der Waals surface area contributed by atoms with Gasteiger partial charge in [-0.05, 0) is 42.0 Å². The van der Waals surface area contributed by atoms with Gasteiger partial charge in [-0.2, -0.15) is 0 Å². The van der Waals surface area contributed by atoms with Crippen LogP contribution in [0.3, 0.4) is 0 Å². The van der Waals surface area contributed by atoms with Gasteiger partial charge in [0.1, 0.15) is 0 Å². The number of imidazole rings is 1. The number of imide groups is 1. The van der Waals surface area contributed by atoms with Crippen molar-refractivity contribution in [1.82, 2.24) is 14.5 Å². The average molecular weight is 434 g/mol. The van der Waals surface area contributed by atoms with Crippen LogP contribution in [-0.4, -0.2) is 43.0 Å². The summed E-state index contributed by atoms with van der Waals surface area (Å²) in [5.74, 6) is -0.287. The molecule has 3 amide bonds. The maximum absolute atomic E-state index is 12.6. The van der Waals surface area contributed by atoms with Gasteiger partial charge >= 0.3 is 0 Å². The van der Waals surface area contributed by atoms with Crippen LogP contribution >= 0.6 is 11.8 Å². The van der Waals surface area contributed by atoms with Crippen molar-refractivity contribution in [2.75, 3.05) is 11.1 Å². The maximum atomic E-state index is 12.6. The number of nitrogens with zero attached hydrogens (tertiary/aromatic N) is 3. The number of ketones is 1. The molecule has 1 fully saturated rings. The van der Waals surface area contributed by atoms with E-state index in [1.807, 2.05) is 0 Å². The second-order valence-corrected chi connectivity index (χ2v) is 7.88. The average Bonchev–Trinajstić information content (AvgIpc) is 3.34. The van der Waals surface area contributed by atoms with E-state index in [2.05, 4.69) is 10.3 Å². The SMILES string of the molecule is Cn1ccnc1C(=O)c1ccc(NC(=O)c2cccc(CN3C(=O)CSC3=O)c2)cc1. The molecule has 0 atom stereocenters. The summed E-state index contributed by atoms with van der Waals surface area (Å²) in [6.45, 7) is 0.135. The molecule has 1 aromatic heterocycles. The van der Waals surface area contributed by atoms with Crippen LogP contribution in [0.5, 0.6) is 0 Å². The molecule has 2 aromatic carbocycles. The quantitative estimate of drug-likeness (QED) is 0.598. The number of hydrogen-bond acceptors (Lipinski definition) is 6. The Hall–Kier alpha value is -3.72. The number of aromatic nitrogens is 2. The van der Waals surface area contributed by atoms with E-state index >= 15 is 0 Å². The Morgan fingerprint density at radius 2 is 1.87 bits per heavy atom. The standard InChI is InChI=1S/C22H18N4O4S/c1-25-10-9-23-20(25)19(28)15-5-7-17(8-6-15)24-21(29)16-4-2-3-14(11-16)12-26-18(27)13-31-22(26)30/h2-11H,12-13H2,1H3,(H,24,29). The lowest BCUT2D eigenvalue weighted by Gasteiger charge is -2.13.